The number of nitrogens with zero attached hydrogens (tertiary/aromatic N) is 1. The predicted octanol–water partition coefficient (Wildman–Crippen LogP) is 5.45. The van der Waals surface area contributed by atoms with Gasteiger partial charge in [0.2, 0.25) is 0 Å². The minimum Gasteiger partial charge on any atom is -0.489 e. The number of halogens is 2. The van der Waals surface area contributed by atoms with Gasteiger partial charge in [-0.3, -0.25) is 4.79 Å². The Morgan fingerprint density at radius 1 is 1.04 bits per heavy atom. The molecule has 27 heavy (non-hydrogen) atoms. The van der Waals surface area contributed by atoms with E-state index >= 15 is 0 Å². The minimum absolute atomic E-state index is 0.289. The van der Waals surface area contributed by atoms with Crippen molar-refractivity contribution in [3.8, 4) is 5.75 Å². The smallest absolute Gasteiger partial charge is 0.271 e. The quantitative estimate of drug-likeness (QED) is 0.407. The number of rotatable bonds is 6. The summed E-state index contributed by atoms with van der Waals surface area (Å²) in [5.41, 5.74) is 4.91. The highest BCUT2D eigenvalue weighted by Gasteiger charge is 2.05. The molecule has 0 aliphatic heterocycles. The molecule has 3 aromatic rings. The number of amides is 1. The van der Waals surface area contributed by atoms with Crippen molar-refractivity contribution in [3.63, 3.8) is 0 Å². The SMILES string of the molecule is O=C(N/N=C\c1ccccc1Br)c1ccc(OCc2ccc(Cl)cc2)cc1. The summed E-state index contributed by atoms with van der Waals surface area (Å²) in [4.78, 5) is 12.2. The van der Waals surface area contributed by atoms with Crippen LogP contribution < -0.4 is 10.2 Å². The highest BCUT2D eigenvalue weighted by atomic mass is 79.9. The van der Waals surface area contributed by atoms with E-state index in [0.717, 1.165) is 15.6 Å². The Kier molecular flexibility index (Phi) is 6.63. The van der Waals surface area contributed by atoms with E-state index in [1.165, 1.54) is 0 Å². The Morgan fingerprint density at radius 2 is 1.74 bits per heavy atom. The van der Waals surface area contributed by atoms with E-state index in [1.54, 1.807) is 30.5 Å². The monoisotopic (exact) mass is 442 g/mol. The number of carbonyl (C=O) groups is 1. The number of carbonyl (C=O) groups excluding carboxylic acids is 1. The van der Waals surface area contributed by atoms with E-state index in [1.807, 2.05) is 48.5 Å². The van der Waals surface area contributed by atoms with Gasteiger partial charge < -0.3 is 4.74 Å². The molecule has 3 rings (SSSR count). The maximum Gasteiger partial charge on any atom is 0.271 e. The summed E-state index contributed by atoms with van der Waals surface area (Å²) >= 11 is 9.29. The van der Waals surface area contributed by atoms with Crippen LogP contribution in [-0.4, -0.2) is 12.1 Å². The fraction of sp³-hybridized carbons (Fsp3) is 0.0476. The van der Waals surface area contributed by atoms with Gasteiger partial charge in [0, 0.05) is 20.6 Å². The Labute approximate surface area is 171 Å². The number of ether oxygens (including phenoxy) is 1. The van der Waals surface area contributed by atoms with Gasteiger partial charge in [0.15, 0.2) is 0 Å². The topological polar surface area (TPSA) is 50.7 Å². The molecule has 0 saturated heterocycles. The molecule has 0 saturated carbocycles. The van der Waals surface area contributed by atoms with E-state index in [4.69, 9.17) is 16.3 Å². The lowest BCUT2D eigenvalue weighted by molar-refractivity contribution is 0.0955. The van der Waals surface area contributed by atoms with Crippen molar-refractivity contribution in [3.05, 3.63) is 99.0 Å². The Hall–Kier alpha value is -2.63. The van der Waals surface area contributed by atoms with Crippen LogP contribution in [0.1, 0.15) is 21.5 Å². The first-order chi connectivity index (χ1) is 13.1. The second-order valence-corrected chi connectivity index (χ2v) is 6.95. The van der Waals surface area contributed by atoms with Crippen molar-refractivity contribution in [2.75, 3.05) is 0 Å². The van der Waals surface area contributed by atoms with Crippen molar-refractivity contribution < 1.29 is 9.53 Å². The van der Waals surface area contributed by atoms with Gasteiger partial charge in [-0.15, -0.1) is 0 Å². The molecule has 0 heterocycles. The minimum atomic E-state index is -0.289. The van der Waals surface area contributed by atoms with Crippen LogP contribution >= 0.6 is 27.5 Å². The van der Waals surface area contributed by atoms with Crippen molar-refractivity contribution >= 4 is 39.7 Å². The lowest BCUT2D eigenvalue weighted by Gasteiger charge is -2.07. The molecule has 0 aliphatic rings. The van der Waals surface area contributed by atoms with Gasteiger partial charge in [-0.2, -0.15) is 5.10 Å². The standard InChI is InChI=1S/C21H16BrClN2O2/c22-20-4-2-1-3-17(20)13-24-25-21(26)16-7-11-19(12-8-16)27-14-15-5-9-18(23)10-6-15/h1-13H,14H2,(H,25,26)/b24-13-. The molecule has 6 heteroatoms. The van der Waals surface area contributed by atoms with Crippen LogP contribution in [-0.2, 0) is 6.61 Å². The summed E-state index contributed by atoms with van der Waals surface area (Å²) < 4.78 is 6.62. The van der Waals surface area contributed by atoms with Crippen LogP contribution in [0.4, 0.5) is 0 Å². The molecule has 0 atom stereocenters. The van der Waals surface area contributed by atoms with Crippen LogP contribution in [0.2, 0.25) is 5.02 Å². The molecule has 0 aliphatic carbocycles. The maximum atomic E-state index is 12.2. The lowest BCUT2D eigenvalue weighted by Crippen LogP contribution is -2.17. The van der Waals surface area contributed by atoms with Crippen LogP contribution in [0.15, 0.2) is 82.4 Å². The van der Waals surface area contributed by atoms with Crippen LogP contribution in [0.5, 0.6) is 5.75 Å². The molecule has 0 spiro atoms. The Balaban J connectivity index is 1.54. The van der Waals surface area contributed by atoms with Gasteiger partial charge >= 0.3 is 0 Å². The highest BCUT2D eigenvalue weighted by Crippen LogP contribution is 2.16. The van der Waals surface area contributed by atoms with Crippen molar-refractivity contribution in [1.29, 1.82) is 0 Å². The number of nitrogens with one attached hydrogen (secondary N) is 1. The van der Waals surface area contributed by atoms with Crippen LogP contribution in [0.25, 0.3) is 0 Å². The fourth-order valence-corrected chi connectivity index (χ4v) is 2.77. The number of hydrogen-bond donors (Lipinski definition) is 1. The summed E-state index contributed by atoms with van der Waals surface area (Å²) in [7, 11) is 0. The van der Waals surface area contributed by atoms with Crippen molar-refractivity contribution in [1.82, 2.24) is 5.43 Å². The largest absolute Gasteiger partial charge is 0.489 e. The van der Waals surface area contributed by atoms with E-state index < -0.39 is 0 Å². The van der Waals surface area contributed by atoms with Gasteiger partial charge in [-0.25, -0.2) is 5.43 Å². The van der Waals surface area contributed by atoms with Crippen molar-refractivity contribution in [2.45, 2.75) is 6.61 Å². The first kappa shape index (κ1) is 19.1. The number of benzene rings is 3. The third kappa shape index (κ3) is 5.67. The third-order valence-electron chi connectivity index (χ3n) is 3.71. The molecule has 136 valence electrons. The summed E-state index contributed by atoms with van der Waals surface area (Å²) in [6.07, 6.45) is 1.59. The molecule has 0 fully saturated rings. The van der Waals surface area contributed by atoms with Crippen molar-refractivity contribution in [2.24, 2.45) is 5.10 Å². The van der Waals surface area contributed by atoms with Crippen LogP contribution in [0.3, 0.4) is 0 Å². The second-order valence-electron chi connectivity index (χ2n) is 5.66. The summed E-state index contributed by atoms with van der Waals surface area (Å²) in [6, 6.07) is 22.0. The zero-order valence-electron chi connectivity index (χ0n) is 14.2. The molecule has 0 unspecified atom stereocenters. The normalized spacial score (nSPS) is 10.7. The molecule has 1 N–H and O–H groups in total. The van der Waals surface area contributed by atoms with E-state index in [2.05, 4.69) is 26.5 Å². The van der Waals surface area contributed by atoms with Gasteiger partial charge in [0.25, 0.3) is 5.91 Å². The maximum absolute atomic E-state index is 12.2. The molecule has 0 bridgehead atoms. The number of hydrazone groups is 1. The zero-order valence-corrected chi connectivity index (χ0v) is 16.6. The third-order valence-corrected chi connectivity index (χ3v) is 4.68. The first-order valence-corrected chi connectivity index (χ1v) is 9.34. The molecule has 0 aromatic heterocycles. The average molecular weight is 444 g/mol. The van der Waals surface area contributed by atoms with Gasteiger partial charge in [-0.05, 0) is 48.0 Å². The highest BCUT2D eigenvalue weighted by molar-refractivity contribution is 9.10. The van der Waals surface area contributed by atoms with E-state index in [0.29, 0.717) is 22.9 Å². The van der Waals surface area contributed by atoms with Gasteiger partial charge in [-0.1, -0.05) is 57.9 Å². The molecule has 1 amide bonds. The first-order valence-electron chi connectivity index (χ1n) is 8.17. The van der Waals surface area contributed by atoms with Gasteiger partial charge in [0.1, 0.15) is 12.4 Å². The number of hydrogen-bond acceptors (Lipinski definition) is 3. The Morgan fingerprint density at radius 3 is 2.44 bits per heavy atom. The molecule has 4 nitrogen and oxygen atoms in total. The summed E-state index contributed by atoms with van der Waals surface area (Å²) in [5, 5.41) is 4.68. The molecule has 3 aromatic carbocycles. The predicted molar refractivity (Wildman–Crippen MR) is 111 cm³/mol. The fourth-order valence-electron chi connectivity index (χ4n) is 2.25. The molecular formula is C21H16BrClN2O2. The van der Waals surface area contributed by atoms with E-state index in [9.17, 15) is 4.79 Å². The average Bonchev–Trinajstić information content (AvgIpc) is 2.69. The summed E-state index contributed by atoms with van der Waals surface area (Å²) in [5.74, 6) is 0.390. The molecular weight excluding hydrogens is 428 g/mol. The van der Waals surface area contributed by atoms with E-state index in [-0.39, 0.29) is 5.91 Å². The van der Waals surface area contributed by atoms with Crippen LogP contribution in [0, 0.1) is 0 Å². The lowest BCUT2D eigenvalue weighted by atomic mass is 10.2. The Bertz CT molecular complexity index is 941. The summed E-state index contributed by atoms with van der Waals surface area (Å²) in [6.45, 7) is 0.430. The second kappa shape index (κ2) is 9.35. The zero-order chi connectivity index (χ0) is 19.1. The van der Waals surface area contributed by atoms with Gasteiger partial charge in [0.05, 0.1) is 6.21 Å². The molecule has 0 radical (unpaired) electrons.